The number of nitrogens with one attached hydrogen (secondary N) is 1. The molecule has 20 heavy (non-hydrogen) atoms. The van der Waals surface area contributed by atoms with Gasteiger partial charge < -0.3 is 5.32 Å². The van der Waals surface area contributed by atoms with Crippen molar-refractivity contribution in [2.24, 2.45) is 0 Å². The molecule has 0 radical (unpaired) electrons. The molecule has 0 aliphatic carbocycles. The van der Waals surface area contributed by atoms with E-state index < -0.39 is 4.92 Å². The summed E-state index contributed by atoms with van der Waals surface area (Å²) in [6, 6.07) is 6.45. The zero-order valence-electron chi connectivity index (χ0n) is 11.1. The molecule has 0 aliphatic rings. The number of nitro groups is 1. The van der Waals surface area contributed by atoms with Crippen LogP contribution in [0.2, 0.25) is 0 Å². The topological polar surface area (TPSA) is 81.0 Å². The lowest BCUT2D eigenvalue weighted by Gasteiger charge is -2.10. The lowest BCUT2D eigenvalue weighted by atomic mass is 10.1. The van der Waals surface area contributed by atoms with E-state index in [1.54, 1.807) is 18.2 Å². The Labute approximate surface area is 124 Å². The number of nitro benzene ring substituents is 1. The number of nitrogens with zero attached hydrogens (tertiary/aromatic N) is 3. The third kappa shape index (κ3) is 2.77. The number of hydrogen-bond donors (Lipinski definition) is 1. The standard InChI is InChI=1S/C13H13BrN4O2/c1-3-15-13-11(14)8(2)16-12(17-13)9-6-4-5-7-10(9)18(19)20/h4-7H,3H2,1-2H3,(H,15,16,17). The Morgan fingerprint density at radius 2 is 2.05 bits per heavy atom. The van der Waals surface area contributed by atoms with Crippen molar-refractivity contribution in [2.45, 2.75) is 13.8 Å². The summed E-state index contributed by atoms with van der Waals surface area (Å²) in [6.45, 7) is 4.48. The fraction of sp³-hybridized carbons (Fsp3) is 0.231. The van der Waals surface area contributed by atoms with Crippen LogP contribution in [0.4, 0.5) is 11.5 Å². The minimum Gasteiger partial charge on any atom is -0.369 e. The van der Waals surface area contributed by atoms with Gasteiger partial charge in [-0.3, -0.25) is 10.1 Å². The van der Waals surface area contributed by atoms with Gasteiger partial charge in [-0.2, -0.15) is 0 Å². The van der Waals surface area contributed by atoms with E-state index in [1.165, 1.54) is 6.07 Å². The van der Waals surface area contributed by atoms with Crippen LogP contribution < -0.4 is 5.32 Å². The van der Waals surface area contributed by atoms with Crippen molar-refractivity contribution in [3.05, 3.63) is 44.5 Å². The van der Waals surface area contributed by atoms with Crippen LogP contribution in [0.1, 0.15) is 12.6 Å². The first-order chi connectivity index (χ1) is 9.54. The zero-order valence-corrected chi connectivity index (χ0v) is 12.6. The van der Waals surface area contributed by atoms with Gasteiger partial charge >= 0.3 is 0 Å². The number of benzene rings is 1. The molecule has 0 aliphatic heterocycles. The van der Waals surface area contributed by atoms with Crippen molar-refractivity contribution in [1.29, 1.82) is 0 Å². The monoisotopic (exact) mass is 336 g/mol. The van der Waals surface area contributed by atoms with Gasteiger partial charge in [0, 0.05) is 12.6 Å². The highest BCUT2D eigenvalue weighted by Crippen LogP contribution is 2.31. The van der Waals surface area contributed by atoms with Crippen LogP contribution in [0.5, 0.6) is 0 Å². The summed E-state index contributed by atoms with van der Waals surface area (Å²) >= 11 is 3.41. The first kappa shape index (κ1) is 14.4. The smallest absolute Gasteiger partial charge is 0.280 e. The Morgan fingerprint density at radius 3 is 2.70 bits per heavy atom. The molecule has 7 heteroatoms. The molecule has 6 nitrogen and oxygen atoms in total. The Balaban J connectivity index is 2.61. The second kappa shape index (κ2) is 5.96. The van der Waals surface area contributed by atoms with Crippen molar-refractivity contribution in [3.63, 3.8) is 0 Å². The van der Waals surface area contributed by atoms with Crippen LogP contribution in [0.15, 0.2) is 28.7 Å². The highest BCUT2D eigenvalue weighted by atomic mass is 79.9. The second-order valence-corrected chi connectivity index (χ2v) is 4.89. The number of para-hydroxylation sites is 1. The normalized spacial score (nSPS) is 10.3. The summed E-state index contributed by atoms with van der Waals surface area (Å²) < 4.78 is 0.765. The van der Waals surface area contributed by atoms with Crippen LogP contribution >= 0.6 is 15.9 Å². The van der Waals surface area contributed by atoms with E-state index in [2.05, 4.69) is 31.2 Å². The predicted molar refractivity (Wildman–Crippen MR) is 80.7 cm³/mol. The van der Waals surface area contributed by atoms with E-state index >= 15 is 0 Å². The molecule has 0 atom stereocenters. The summed E-state index contributed by atoms with van der Waals surface area (Å²) in [5.74, 6) is 0.974. The molecule has 2 rings (SSSR count). The predicted octanol–water partition coefficient (Wildman–Crippen LogP) is 3.55. The van der Waals surface area contributed by atoms with Gasteiger partial charge in [0.1, 0.15) is 5.82 Å². The van der Waals surface area contributed by atoms with E-state index in [1.807, 2.05) is 13.8 Å². The molecule has 0 unspecified atom stereocenters. The number of halogens is 1. The highest BCUT2D eigenvalue weighted by molar-refractivity contribution is 9.10. The van der Waals surface area contributed by atoms with Gasteiger partial charge in [0.05, 0.1) is 20.7 Å². The Hall–Kier alpha value is -2.02. The molecule has 0 bridgehead atoms. The van der Waals surface area contributed by atoms with E-state index in [4.69, 9.17) is 0 Å². The van der Waals surface area contributed by atoms with Crippen LogP contribution in [-0.4, -0.2) is 21.4 Å². The van der Waals surface area contributed by atoms with Crippen molar-refractivity contribution < 1.29 is 4.92 Å². The molecule has 1 heterocycles. The molecule has 0 spiro atoms. The van der Waals surface area contributed by atoms with Crippen molar-refractivity contribution in [1.82, 2.24) is 9.97 Å². The van der Waals surface area contributed by atoms with Gasteiger partial charge in [0.2, 0.25) is 0 Å². The van der Waals surface area contributed by atoms with Crippen LogP contribution in [-0.2, 0) is 0 Å². The third-order valence-electron chi connectivity index (χ3n) is 2.70. The Kier molecular flexibility index (Phi) is 4.29. The molecule has 1 aromatic heterocycles. The van der Waals surface area contributed by atoms with E-state index in [9.17, 15) is 10.1 Å². The van der Waals surface area contributed by atoms with Gasteiger partial charge in [0.15, 0.2) is 5.82 Å². The summed E-state index contributed by atoms with van der Waals surface area (Å²) in [4.78, 5) is 19.3. The van der Waals surface area contributed by atoms with Crippen molar-refractivity contribution in [2.75, 3.05) is 11.9 Å². The molecular weight excluding hydrogens is 324 g/mol. The number of anilines is 1. The van der Waals surface area contributed by atoms with Crippen molar-refractivity contribution in [3.8, 4) is 11.4 Å². The lowest BCUT2D eigenvalue weighted by molar-refractivity contribution is -0.384. The van der Waals surface area contributed by atoms with E-state index in [0.717, 1.165) is 10.2 Å². The molecule has 0 fully saturated rings. The molecule has 0 amide bonds. The summed E-state index contributed by atoms with van der Waals surface area (Å²) in [5.41, 5.74) is 1.13. The number of aromatic nitrogens is 2. The summed E-state index contributed by atoms with van der Waals surface area (Å²) in [7, 11) is 0. The van der Waals surface area contributed by atoms with Crippen LogP contribution in [0, 0.1) is 17.0 Å². The largest absolute Gasteiger partial charge is 0.369 e. The van der Waals surface area contributed by atoms with Gasteiger partial charge in [-0.25, -0.2) is 9.97 Å². The maximum Gasteiger partial charge on any atom is 0.280 e. The maximum absolute atomic E-state index is 11.1. The third-order valence-corrected chi connectivity index (χ3v) is 3.65. The first-order valence-electron chi connectivity index (χ1n) is 6.06. The highest BCUT2D eigenvalue weighted by Gasteiger charge is 2.18. The second-order valence-electron chi connectivity index (χ2n) is 4.10. The molecule has 1 aromatic carbocycles. The average Bonchev–Trinajstić information content (AvgIpc) is 2.43. The van der Waals surface area contributed by atoms with Gasteiger partial charge in [-0.15, -0.1) is 0 Å². The van der Waals surface area contributed by atoms with Gasteiger partial charge in [-0.05, 0) is 35.8 Å². The van der Waals surface area contributed by atoms with Crippen LogP contribution in [0.3, 0.4) is 0 Å². The Morgan fingerprint density at radius 1 is 1.35 bits per heavy atom. The van der Waals surface area contributed by atoms with Crippen LogP contribution in [0.25, 0.3) is 11.4 Å². The molecule has 1 N–H and O–H groups in total. The number of rotatable bonds is 4. The zero-order chi connectivity index (χ0) is 14.7. The lowest BCUT2D eigenvalue weighted by Crippen LogP contribution is -2.05. The van der Waals surface area contributed by atoms with Gasteiger partial charge in [0.25, 0.3) is 5.69 Å². The molecule has 104 valence electrons. The summed E-state index contributed by atoms with van der Waals surface area (Å²) in [5, 5.41) is 14.2. The fourth-order valence-electron chi connectivity index (χ4n) is 1.79. The maximum atomic E-state index is 11.1. The quantitative estimate of drug-likeness (QED) is 0.681. The molecule has 2 aromatic rings. The number of aryl methyl sites for hydroxylation is 1. The van der Waals surface area contributed by atoms with E-state index in [0.29, 0.717) is 23.8 Å². The van der Waals surface area contributed by atoms with Crippen molar-refractivity contribution >= 4 is 27.4 Å². The fourth-order valence-corrected chi connectivity index (χ4v) is 2.10. The molecule has 0 saturated heterocycles. The molecule has 0 saturated carbocycles. The summed E-state index contributed by atoms with van der Waals surface area (Å²) in [6.07, 6.45) is 0. The van der Waals surface area contributed by atoms with E-state index in [-0.39, 0.29) is 5.69 Å². The Bertz CT molecular complexity index is 661. The minimum atomic E-state index is -0.428. The average molecular weight is 337 g/mol. The molecular formula is C13H13BrN4O2. The SMILES string of the molecule is CCNc1nc(-c2ccccc2[N+](=O)[O-])nc(C)c1Br. The van der Waals surface area contributed by atoms with Gasteiger partial charge in [-0.1, -0.05) is 12.1 Å². The minimum absolute atomic E-state index is 0.00308. The number of hydrogen-bond acceptors (Lipinski definition) is 5. The first-order valence-corrected chi connectivity index (χ1v) is 6.85.